The van der Waals surface area contributed by atoms with Crippen LogP contribution in [0.5, 0.6) is 11.5 Å². The maximum atomic E-state index is 15.3. The van der Waals surface area contributed by atoms with Crippen molar-refractivity contribution in [3.63, 3.8) is 0 Å². The van der Waals surface area contributed by atoms with Gasteiger partial charge in [-0.15, -0.1) is 19.8 Å². The van der Waals surface area contributed by atoms with E-state index in [1.807, 2.05) is 18.2 Å². The van der Waals surface area contributed by atoms with E-state index < -0.39 is 74.8 Å². The Morgan fingerprint density at radius 1 is 0.585 bits per heavy atom. The molecule has 276 valence electrons. The number of benzene rings is 5. The number of hydrogen-bond acceptors (Lipinski definition) is 2. The third kappa shape index (κ3) is 9.61. The molecular weight excluding hydrogens is 738 g/mol. The molecule has 0 N–H and O–H groups in total. The molecule has 0 aliphatic carbocycles. The molecule has 0 bridgehead atoms. The summed E-state index contributed by atoms with van der Waals surface area (Å²) in [7, 11) is 0. The van der Waals surface area contributed by atoms with Gasteiger partial charge in [0.2, 0.25) is 0 Å². The van der Waals surface area contributed by atoms with Crippen LogP contribution in [-0.4, -0.2) is 6.36 Å². The summed E-state index contributed by atoms with van der Waals surface area (Å²) in [5, 5.41) is -0.714. The van der Waals surface area contributed by atoms with E-state index in [0.29, 0.717) is 35.9 Å². The van der Waals surface area contributed by atoms with Gasteiger partial charge in [0, 0.05) is 17.7 Å². The molecular formula is C40H27ClF10O2. The number of unbranched alkanes of at least 4 members (excludes halogenated alkanes) is 1. The number of ether oxygens (including phenoxy) is 2. The molecule has 0 spiro atoms. The van der Waals surface area contributed by atoms with Gasteiger partial charge in [0.15, 0.2) is 11.6 Å². The zero-order valence-electron chi connectivity index (χ0n) is 27.3. The average Bonchev–Trinajstić information content (AvgIpc) is 3.06. The van der Waals surface area contributed by atoms with Gasteiger partial charge in [0.25, 0.3) is 0 Å². The smallest absolute Gasteiger partial charge is 0.429 e. The standard InChI is InChI=1S/C40H27ClF10O2/c1-2-3-4-5-6-7-8-23-9-11-24(12-10-23)27-17-30(41)38(35(46)20-27)39(47,48)52-28-21-33(44)37(34(45)22-28)26-13-15-29(31(42)19-26)25-14-16-36(32(43)18-25)53-40(49,50)51/h2,5-6,9-22H,1,3-4,7-8H2. The lowest BCUT2D eigenvalue weighted by atomic mass is 9.98. The van der Waals surface area contributed by atoms with E-state index >= 15 is 26.3 Å². The lowest BCUT2D eigenvalue weighted by molar-refractivity contribution is -0.275. The van der Waals surface area contributed by atoms with Gasteiger partial charge in [-0.2, -0.15) is 8.78 Å². The SMILES string of the molecule is C=CCCC=CCCc1ccc(-c2cc(F)c(C(F)(F)Oc3cc(F)c(-c4ccc(-c5ccc(OC(F)(F)F)c(F)c5)c(F)c4)c(F)c3)c(Cl)c2)cc1. The number of rotatable bonds is 13. The Hall–Kier alpha value is -5.23. The van der Waals surface area contributed by atoms with Crippen LogP contribution in [0, 0.1) is 29.1 Å². The molecule has 0 aliphatic heterocycles. The first-order chi connectivity index (χ1) is 25.1. The molecule has 0 atom stereocenters. The first kappa shape index (κ1) is 39.0. The van der Waals surface area contributed by atoms with Gasteiger partial charge in [-0.3, -0.25) is 0 Å². The van der Waals surface area contributed by atoms with Gasteiger partial charge in [-0.05, 0) is 83.8 Å². The van der Waals surface area contributed by atoms with Gasteiger partial charge < -0.3 is 9.47 Å². The zero-order chi connectivity index (χ0) is 38.5. The van der Waals surface area contributed by atoms with Crippen molar-refractivity contribution in [2.75, 3.05) is 0 Å². The lowest BCUT2D eigenvalue weighted by Crippen LogP contribution is -2.24. The highest BCUT2D eigenvalue weighted by Gasteiger charge is 2.41. The van der Waals surface area contributed by atoms with E-state index in [2.05, 4.69) is 28.2 Å². The fourth-order valence-corrected chi connectivity index (χ4v) is 5.76. The molecule has 0 heterocycles. The number of hydrogen-bond donors (Lipinski definition) is 0. The summed E-state index contributed by atoms with van der Waals surface area (Å²) in [5.41, 5.74) is -1.51. The summed E-state index contributed by atoms with van der Waals surface area (Å²) in [4.78, 5) is 0. The first-order valence-corrected chi connectivity index (χ1v) is 16.2. The predicted octanol–water partition coefficient (Wildman–Crippen LogP) is 13.5. The van der Waals surface area contributed by atoms with Crippen molar-refractivity contribution in [3.05, 3.63) is 155 Å². The molecule has 0 radical (unpaired) electrons. The highest BCUT2D eigenvalue weighted by molar-refractivity contribution is 6.31. The quantitative estimate of drug-likeness (QED) is 0.0675. The molecule has 0 aromatic heterocycles. The fourth-order valence-electron chi connectivity index (χ4n) is 5.45. The summed E-state index contributed by atoms with van der Waals surface area (Å²) < 4.78 is 151. The number of aryl methyl sites for hydroxylation is 1. The van der Waals surface area contributed by atoms with Crippen molar-refractivity contribution >= 4 is 11.6 Å². The third-order valence-electron chi connectivity index (χ3n) is 7.91. The van der Waals surface area contributed by atoms with Crippen LogP contribution < -0.4 is 9.47 Å². The van der Waals surface area contributed by atoms with E-state index in [9.17, 15) is 17.6 Å². The summed E-state index contributed by atoms with van der Waals surface area (Å²) in [6, 6.07) is 14.5. The van der Waals surface area contributed by atoms with Gasteiger partial charge in [0.05, 0.1) is 10.6 Å². The van der Waals surface area contributed by atoms with Crippen molar-refractivity contribution < 1.29 is 53.4 Å². The normalized spacial score (nSPS) is 12.0. The second-order valence-electron chi connectivity index (χ2n) is 11.7. The Balaban J connectivity index is 1.32. The number of allylic oxidation sites excluding steroid dienone is 3. The second kappa shape index (κ2) is 16.2. The molecule has 0 fully saturated rings. The van der Waals surface area contributed by atoms with Crippen molar-refractivity contribution in [1.29, 1.82) is 0 Å². The Morgan fingerprint density at radius 3 is 1.79 bits per heavy atom. The third-order valence-corrected chi connectivity index (χ3v) is 8.21. The summed E-state index contributed by atoms with van der Waals surface area (Å²) in [5.74, 6) is -9.18. The van der Waals surface area contributed by atoms with Crippen molar-refractivity contribution in [2.24, 2.45) is 0 Å². The lowest BCUT2D eigenvalue weighted by Gasteiger charge is -2.21. The Bertz CT molecular complexity index is 2100. The first-order valence-electron chi connectivity index (χ1n) is 15.8. The molecule has 0 aliphatic rings. The van der Waals surface area contributed by atoms with Gasteiger partial charge in [0.1, 0.15) is 34.6 Å². The predicted molar refractivity (Wildman–Crippen MR) is 182 cm³/mol. The van der Waals surface area contributed by atoms with E-state index in [1.54, 1.807) is 12.1 Å². The molecule has 5 aromatic carbocycles. The van der Waals surface area contributed by atoms with Crippen LogP contribution in [0.3, 0.4) is 0 Å². The largest absolute Gasteiger partial charge is 0.573 e. The van der Waals surface area contributed by atoms with E-state index in [4.69, 9.17) is 11.6 Å². The highest BCUT2D eigenvalue weighted by Crippen LogP contribution is 2.41. The Kier molecular flexibility index (Phi) is 11.9. The molecule has 2 nitrogen and oxygen atoms in total. The topological polar surface area (TPSA) is 18.5 Å². The van der Waals surface area contributed by atoms with Gasteiger partial charge in [-0.1, -0.05) is 72.3 Å². The Labute approximate surface area is 302 Å². The van der Waals surface area contributed by atoms with E-state index in [1.165, 1.54) is 0 Å². The van der Waals surface area contributed by atoms with E-state index in [-0.39, 0.29) is 16.7 Å². The maximum absolute atomic E-state index is 15.3. The number of halogens is 11. The molecule has 0 unspecified atom stereocenters. The monoisotopic (exact) mass is 764 g/mol. The van der Waals surface area contributed by atoms with Crippen LogP contribution >= 0.6 is 11.6 Å². The van der Waals surface area contributed by atoms with Crippen molar-refractivity contribution in [3.8, 4) is 44.9 Å². The minimum Gasteiger partial charge on any atom is -0.429 e. The van der Waals surface area contributed by atoms with Crippen LogP contribution in [0.1, 0.15) is 30.4 Å². The molecule has 0 saturated carbocycles. The minimum absolute atomic E-state index is 0.195. The molecule has 0 saturated heterocycles. The van der Waals surface area contributed by atoms with Crippen LogP contribution in [0.15, 0.2) is 110 Å². The molecule has 0 amide bonds. The fraction of sp³-hybridized carbons (Fsp3) is 0.150. The highest BCUT2D eigenvalue weighted by atomic mass is 35.5. The summed E-state index contributed by atoms with van der Waals surface area (Å²) in [6.07, 6.45) is -0.378. The van der Waals surface area contributed by atoms with Gasteiger partial charge in [-0.25, -0.2) is 22.0 Å². The zero-order valence-corrected chi connectivity index (χ0v) is 28.1. The maximum Gasteiger partial charge on any atom is 0.573 e. The Morgan fingerprint density at radius 2 is 1.19 bits per heavy atom. The van der Waals surface area contributed by atoms with E-state index in [0.717, 1.165) is 61.6 Å². The van der Waals surface area contributed by atoms with Gasteiger partial charge >= 0.3 is 12.5 Å². The van der Waals surface area contributed by atoms with Crippen LogP contribution in [0.2, 0.25) is 5.02 Å². The minimum atomic E-state index is -5.17. The number of alkyl halides is 5. The van der Waals surface area contributed by atoms with Crippen molar-refractivity contribution in [1.82, 2.24) is 0 Å². The van der Waals surface area contributed by atoms with Crippen molar-refractivity contribution in [2.45, 2.75) is 38.2 Å². The summed E-state index contributed by atoms with van der Waals surface area (Å²) >= 11 is 6.10. The summed E-state index contributed by atoms with van der Waals surface area (Å²) in [6.45, 7) is 3.67. The molecule has 5 aromatic rings. The molecule has 13 heteroatoms. The van der Waals surface area contributed by atoms with Crippen LogP contribution in [0.4, 0.5) is 43.9 Å². The average molecular weight is 765 g/mol. The second-order valence-corrected chi connectivity index (χ2v) is 12.1. The van der Waals surface area contributed by atoms with Crippen LogP contribution in [-0.2, 0) is 12.5 Å². The molecule has 53 heavy (non-hydrogen) atoms. The van der Waals surface area contributed by atoms with Crippen LogP contribution in [0.25, 0.3) is 33.4 Å². The molecule has 5 rings (SSSR count).